The van der Waals surface area contributed by atoms with Crippen LogP contribution in [0.25, 0.3) is 0 Å². The maximum Gasteiger partial charge on any atom is 0.263 e. The summed E-state index contributed by atoms with van der Waals surface area (Å²) in [6, 6.07) is 2.05. The van der Waals surface area contributed by atoms with Gasteiger partial charge in [-0.15, -0.1) is 11.3 Å². The highest BCUT2D eigenvalue weighted by Gasteiger charge is 2.27. The second-order valence-corrected chi connectivity index (χ2v) is 9.36. The van der Waals surface area contributed by atoms with E-state index in [0.29, 0.717) is 13.1 Å². The Morgan fingerprint density at radius 3 is 2.43 bits per heavy atom. The summed E-state index contributed by atoms with van der Waals surface area (Å²) in [4.78, 5) is 16.4. The van der Waals surface area contributed by atoms with Crippen molar-refractivity contribution in [2.75, 3.05) is 24.6 Å². The van der Waals surface area contributed by atoms with Crippen LogP contribution in [-0.4, -0.2) is 43.8 Å². The number of carbonyl (C=O) groups excluding carboxylic acids is 1. The van der Waals surface area contributed by atoms with Crippen LogP contribution in [0.3, 0.4) is 0 Å². The Kier molecular flexibility index (Phi) is 4.36. The third-order valence-electron chi connectivity index (χ3n) is 4.34. The van der Waals surface area contributed by atoms with Crippen molar-refractivity contribution in [2.45, 2.75) is 38.5 Å². The van der Waals surface area contributed by atoms with Crippen LogP contribution in [0.2, 0.25) is 0 Å². The van der Waals surface area contributed by atoms with Gasteiger partial charge in [-0.1, -0.05) is 12.8 Å². The molecule has 1 aromatic heterocycles. The van der Waals surface area contributed by atoms with Crippen molar-refractivity contribution < 1.29 is 13.2 Å². The SMILES string of the molecule is O=C(c1cc2c(s1)CCCCCC2)N1CCS(=O)(=O)CC1. The number of hydrogen-bond acceptors (Lipinski definition) is 4. The topological polar surface area (TPSA) is 54.5 Å². The maximum atomic E-state index is 12.5. The summed E-state index contributed by atoms with van der Waals surface area (Å²) in [7, 11) is -2.93. The average Bonchev–Trinajstić information content (AvgIpc) is 2.80. The van der Waals surface area contributed by atoms with Crippen molar-refractivity contribution >= 4 is 27.1 Å². The van der Waals surface area contributed by atoms with Gasteiger partial charge in [-0.05, 0) is 37.3 Å². The molecule has 1 fully saturated rings. The van der Waals surface area contributed by atoms with Crippen molar-refractivity contribution in [3.8, 4) is 0 Å². The Morgan fingerprint density at radius 2 is 1.71 bits per heavy atom. The molecule has 0 N–H and O–H groups in total. The lowest BCUT2D eigenvalue weighted by atomic mass is 10.00. The summed E-state index contributed by atoms with van der Waals surface area (Å²) in [5.74, 6) is 0.217. The molecule has 6 heteroatoms. The van der Waals surface area contributed by atoms with Gasteiger partial charge in [-0.2, -0.15) is 0 Å². The maximum absolute atomic E-state index is 12.5. The van der Waals surface area contributed by atoms with Gasteiger partial charge in [-0.25, -0.2) is 8.42 Å². The second-order valence-electron chi connectivity index (χ2n) is 5.92. The molecule has 0 spiro atoms. The standard InChI is InChI=1S/C15H21NO3S2/c17-15(16-7-9-21(18,19)10-8-16)14-11-12-5-3-1-2-4-6-13(12)20-14/h11H,1-10H2. The first-order valence-electron chi connectivity index (χ1n) is 7.66. The Bertz CT molecular complexity index is 594. The van der Waals surface area contributed by atoms with Crippen molar-refractivity contribution in [3.05, 3.63) is 21.4 Å². The first-order chi connectivity index (χ1) is 10.1. The lowest BCUT2D eigenvalue weighted by molar-refractivity contribution is 0.0775. The molecule has 0 bridgehead atoms. The van der Waals surface area contributed by atoms with Crippen molar-refractivity contribution in [1.82, 2.24) is 4.90 Å². The molecule has 2 aliphatic rings. The summed E-state index contributed by atoms with van der Waals surface area (Å²) < 4.78 is 22.9. The molecule has 1 aliphatic heterocycles. The monoisotopic (exact) mass is 327 g/mol. The number of aryl methyl sites for hydroxylation is 2. The summed E-state index contributed by atoms with van der Waals surface area (Å²) in [6.45, 7) is 0.674. The van der Waals surface area contributed by atoms with E-state index in [1.807, 2.05) is 0 Å². The predicted molar refractivity (Wildman–Crippen MR) is 84.8 cm³/mol. The number of fused-ring (bicyclic) bond motifs is 1. The molecule has 0 aromatic carbocycles. The number of carbonyl (C=O) groups is 1. The quantitative estimate of drug-likeness (QED) is 0.795. The summed E-state index contributed by atoms with van der Waals surface area (Å²) >= 11 is 1.62. The zero-order chi connectivity index (χ0) is 14.9. The van der Waals surface area contributed by atoms with E-state index in [1.165, 1.54) is 36.1 Å². The first kappa shape index (κ1) is 15.0. The molecule has 1 aliphatic carbocycles. The van der Waals surface area contributed by atoms with Gasteiger partial charge in [-0.3, -0.25) is 4.79 Å². The lowest BCUT2D eigenvalue weighted by Crippen LogP contribution is -2.43. The molecular weight excluding hydrogens is 306 g/mol. The average molecular weight is 327 g/mol. The third-order valence-corrected chi connectivity index (χ3v) is 7.17. The van der Waals surface area contributed by atoms with Gasteiger partial charge in [0.25, 0.3) is 5.91 Å². The van der Waals surface area contributed by atoms with Crippen LogP contribution in [0.5, 0.6) is 0 Å². The van der Waals surface area contributed by atoms with Gasteiger partial charge in [0.05, 0.1) is 16.4 Å². The lowest BCUT2D eigenvalue weighted by Gasteiger charge is -2.26. The summed E-state index contributed by atoms with van der Waals surface area (Å²) in [6.07, 6.45) is 7.14. The Labute approximate surface area is 130 Å². The van der Waals surface area contributed by atoms with E-state index in [2.05, 4.69) is 6.07 Å². The van der Waals surface area contributed by atoms with Gasteiger partial charge in [0.2, 0.25) is 0 Å². The third kappa shape index (κ3) is 3.48. The fraction of sp³-hybridized carbons (Fsp3) is 0.667. The highest BCUT2D eigenvalue weighted by atomic mass is 32.2. The zero-order valence-electron chi connectivity index (χ0n) is 12.1. The molecular formula is C15H21NO3S2. The van der Waals surface area contributed by atoms with E-state index in [-0.39, 0.29) is 17.4 Å². The highest BCUT2D eigenvalue weighted by molar-refractivity contribution is 7.91. The Hall–Kier alpha value is -0.880. The molecule has 3 rings (SSSR count). The Morgan fingerprint density at radius 1 is 1.05 bits per heavy atom. The minimum absolute atomic E-state index is 0.0154. The van der Waals surface area contributed by atoms with E-state index in [9.17, 15) is 13.2 Å². The smallest absolute Gasteiger partial charge is 0.263 e. The molecule has 1 saturated heterocycles. The Balaban J connectivity index is 1.74. The minimum Gasteiger partial charge on any atom is -0.336 e. The second kappa shape index (κ2) is 6.08. The van der Waals surface area contributed by atoms with Crippen LogP contribution in [0, 0.1) is 0 Å². The van der Waals surface area contributed by atoms with Crippen LogP contribution in [0.15, 0.2) is 6.07 Å². The molecule has 21 heavy (non-hydrogen) atoms. The van der Waals surface area contributed by atoms with E-state index >= 15 is 0 Å². The molecule has 0 unspecified atom stereocenters. The van der Waals surface area contributed by atoms with Crippen LogP contribution >= 0.6 is 11.3 Å². The largest absolute Gasteiger partial charge is 0.336 e. The number of amides is 1. The highest BCUT2D eigenvalue weighted by Crippen LogP contribution is 2.29. The normalized spacial score (nSPS) is 22.2. The number of hydrogen-bond donors (Lipinski definition) is 0. The summed E-state index contributed by atoms with van der Waals surface area (Å²) in [5.41, 5.74) is 1.34. The molecule has 116 valence electrons. The molecule has 0 atom stereocenters. The zero-order valence-corrected chi connectivity index (χ0v) is 13.8. The number of nitrogens with zero attached hydrogens (tertiary/aromatic N) is 1. The molecule has 2 heterocycles. The number of rotatable bonds is 1. The molecule has 0 saturated carbocycles. The van der Waals surface area contributed by atoms with Crippen LogP contribution < -0.4 is 0 Å². The van der Waals surface area contributed by atoms with Crippen LogP contribution in [0.1, 0.15) is 45.8 Å². The van der Waals surface area contributed by atoms with Crippen molar-refractivity contribution in [1.29, 1.82) is 0 Å². The number of thiophene rings is 1. The van der Waals surface area contributed by atoms with E-state index < -0.39 is 9.84 Å². The van der Waals surface area contributed by atoms with Gasteiger partial charge in [0.1, 0.15) is 0 Å². The van der Waals surface area contributed by atoms with Crippen LogP contribution in [-0.2, 0) is 22.7 Å². The van der Waals surface area contributed by atoms with E-state index in [4.69, 9.17) is 0 Å². The van der Waals surface area contributed by atoms with E-state index in [0.717, 1.165) is 17.7 Å². The van der Waals surface area contributed by atoms with E-state index in [1.54, 1.807) is 16.2 Å². The van der Waals surface area contributed by atoms with Gasteiger partial charge in [0.15, 0.2) is 9.84 Å². The van der Waals surface area contributed by atoms with Crippen LogP contribution in [0.4, 0.5) is 0 Å². The van der Waals surface area contributed by atoms with Crippen molar-refractivity contribution in [2.24, 2.45) is 0 Å². The minimum atomic E-state index is -2.93. The molecule has 1 amide bonds. The molecule has 0 radical (unpaired) electrons. The summed E-state index contributed by atoms with van der Waals surface area (Å²) in [5, 5.41) is 0. The van der Waals surface area contributed by atoms with Gasteiger partial charge < -0.3 is 4.90 Å². The fourth-order valence-electron chi connectivity index (χ4n) is 3.02. The van der Waals surface area contributed by atoms with Crippen molar-refractivity contribution in [3.63, 3.8) is 0 Å². The van der Waals surface area contributed by atoms with Gasteiger partial charge in [0, 0.05) is 18.0 Å². The molecule has 4 nitrogen and oxygen atoms in total. The first-order valence-corrected chi connectivity index (χ1v) is 10.3. The fourth-order valence-corrected chi connectivity index (χ4v) is 5.44. The van der Waals surface area contributed by atoms with Gasteiger partial charge >= 0.3 is 0 Å². The predicted octanol–water partition coefficient (Wildman–Crippen LogP) is 2.28. The molecule has 1 aromatic rings. The number of sulfone groups is 1.